The largest absolute Gasteiger partial charge is 0.508 e. The molecule has 0 aliphatic carbocycles. The topological polar surface area (TPSA) is 35.8 Å². The van der Waals surface area contributed by atoms with E-state index in [0.717, 1.165) is 33.4 Å². The number of hydrazone groups is 1. The van der Waals surface area contributed by atoms with Gasteiger partial charge in [0, 0.05) is 10.9 Å². The maximum absolute atomic E-state index is 9.59. The molecule has 0 radical (unpaired) electrons. The Morgan fingerprint density at radius 3 is 2.24 bits per heavy atom. The number of anilines is 1. The molecule has 3 aromatic carbocycles. The molecule has 0 bridgehead atoms. The summed E-state index contributed by atoms with van der Waals surface area (Å²) in [4.78, 5) is 0. The summed E-state index contributed by atoms with van der Waals surface area (Å²) < 4.78 is 1.06. The molecule has 1 aliphatic heterocycles. The number of nitrogens with zero attached hydrogens (tertiary/aromatic N) is 2. The molecular weight excluding hydrogens is 376 g/mol. The van der Waals surface area contributed by atoms with E-state index < -0.39 is 0 Å². The van der Waals surface area contributed by atoms with Crippen molar-refractivity contribution >= 4 is 27.3 Å². The molecule has 0 spiro atoms. The van der Waals surface area contributed by atoms with Gasteiger partial charge < -0.3 is 5.11 Å². The van der Waals surface area contributed by atoms with Crippen molar-refractivity contribution in [3.8, 4) is 5.75 Å². The fourth-order valence-electron chi connectivity index (χ4n) is 3.10. The number of phenolic OH excluding ortho intramolecular Hbond substituents is 1. The standard InChI is InChI=1S/C21H17BrN2O/c22-17-10-6-15(7-11-17)20-14-21(16-8-12-19(25)13-9-16)24(23-20)18-4-2-1-3-5-18/h1-13,21,25H,14H2. The summed E-state index contributed by atoms with van der Waals surface area (Å²) in [6.45, 7) is 0. The molecule has 4 rings (SSSR count). The Labute approximate surface area is 155 Å². The summed E-state index contributed by atoms with van der Waals surface area (Å²) in [5, 5.41) is 16.6. The third-order valence-electron chi connectivity index (χ3n) is 4.39. The van der Waals surface area contributed by atoms with E-state index in [1.807, 2.05) is 42.5 Å². The molecule has 0 fully saturated rings. The number of phenols is 1. The number of aromatic hydroxyl groups is 1. The van der Waals surface area contributed by atoms with Crippen molar-refractivity contribution in [2.75, 3.05) is 5.01 Å². The fraction of sp³-hybridized carbons (Fsp3) is 0.0952. The zero-order valence-corrected chi connectivity index (χ0v) is 15.1. The lowest BCUT2D eigenvalue weighted by Crippen LogP contribution is -2.18. The lowest BCUT2D eigenvalue weighted by molar-refractivity contribution is 0.475. The van der Waals surface area contributed by atoms with Gasteiger partial charge in [-0.3, -0.25) is 5.01 Å². The number of halogens is 1. The van der Waals surface area contributed by atoms with Crippen molar-refractivity contribution in [3.63, 3.8) is 0 Å². The van der Waals surface area contributed by atoms with Crippen LogP contribution in [0.25, 0.3) is 0 Å². The van der Waals surface area contributed by atoms with E-state index in [9.17, 15) is 5.11 Å². The molecule has 1 heterocycles. The SMILES string of the molecule is Oc1ccc(C2CC(c3ccc(Br)cc3)=NN2c2ccccc2)cc1. The van der Waals surface area contributed by atoms with E-state index in [0.29, 0.717) is 0 Å². The van der Waals surface area contributed by atoms with Crippen LogP contribution in [0.5, 0.6) is 5.75 Å². The monoisotopic (exact) mass is 392 g/mol. The number of rotatable bonds is 3. The van der Waals surface area contributed by atoms with Crippen molar-refractivity contribution in [3.05, 3.63) is 94.5 Å². The van der Waals surface area contributed by atoms with Crippen molar-refractivity contribution in [1.82, 2.24) is 0 Å². The average molecular weight is 393 g/mol. The first-order valence-corrected chi connectivity index (χ1v) is 8.96. The van der Waals surface area contributed by atoms with Gasteiger partial charge in [0.15, 0.2) is 0 Å². The second-order valence-corrected chi connectivity index (χ2v) is 6.96. The van der Waals surface area contributed by atoms with Crippen LogP contribution in [0.1, 0.15) is 23.6 Å². The van der Waals surface area contributed by atoms with Crippen LogP contribution in [0.2, 0.25) is 0 Å². The number of para-hydroxylation sites is 1. The summed E-state index contributed by atoms with van der Waals surface area (Å²) in [7, 11) is 0. The van der Waals surface area contributed by atoms with Crippen molar-refractivity contribution in [1.29, 1.82) is 0 Å². The molecule has 124 valence electrons. The van der Waals surface area contributed by atoms with Gasteiger partial charge in [0.2, 0.25) is 0 Å². The first-order chi connectivity index (χ1) is 12.2. The molecule has 4 heteroatoms. The summed E-state index contributed by atoms with van der Waals surface area (Å²) in [6, 6.07) is 26.0. The van der Waals surface area contributed by atoms with Crippen LogP contribution in [-0.4, -0.2) is 10.8 Å². The molecule has 1 unspecified atom stereocenters. The highest BCUT2D eigenvalue weighted by molar-refractivity contribution is 9.10. The van der Waals surface area contributed by atoms with E-state index in [-0.39, 0.29) is 11.8 Å². The van der Waals surface area contributed by atoms with Crippen LogP contribution in [0.15, 0.2) is 88.4 Å². The number of benzene rings is 3. The molecule has 3 nitrogen and oxygen atoms in total. The van der Waals surface area contributed by atoms with Gasteiger partial charge in [0.05, 0.1) is 17.4 Å². The zero-order chi connectivity index (χ0) is 17.2. The summed E-state index contributed by atoms with van der Waals surface area (Å²) in [6.07, 6.45) is 0.821. The van der Waals surface area contributed by atoms with Gasteiger partial charge in [-0.25, -0.2) is 0 Å². The second kappa shape index (κ2) is 6.73. The minimum Gasteiger partial charge on any atom is -0.508 e. The maximum Gasteiger partial charge on any atom is 0.115 e. The smallest absolute Gasteiger partial charge is 0.115 e. The van der Waals surface area contributed by atoms with Crippen LogP contribution in [-0.2, 0) is 0 Å². The molecule has 0 saturated heterocycles. The quantitative estimate of drug-likeness (QED) is 0.637. The predicted molar refractivity (Wildman–Crippen MR) is 105 cm³/mol. The van der Waals surface area contributed by atoms with E-state index in [1.54, 1.807) is 12.1 Å². The number of hydrogen-bond donors (Lipinski definition) is 1. The van der Waals surface area contributed by atoms with Gasteiger partial charge in [-0.2, -0.15) is 5.10 Å². The van der Waals surface area contributed by atoms with Crippen molar-refractivity contribution < 1.29 is 5.11 Å². The van der Waals surface area contributed by atoms with E-state index >= 15 is 0 Å². The van der Waals surface area contributed by atoms with Crippen LogP contribution in [0.4, 0.5) is 5.69 Å². The van der Waals surface area contributed by atoms with Gasteiger partial charge in [-0.1, -0.05) is 58.4 Å². The lowest BCUT2D eigenvalue weighted by Gasteiger charge is -2.24. The highest BCUT2D eigenvalue weighted by Gasteiger charge is 2.29. The Balaban J connectivity index is 1.73. The Bertz CT molecular complexity index is 889. The van der Waals surface area contributed by atoms with Gasteiger partial charge in [-0.05, 0) is 47.5 Å². The van der Waals surface area contributed by atoms with E-state index in [2.05, 4.69) is 45.2 Å². The van der Waals surface area contributed by atoms with Crippen LogP contribution >= 0.6 is 15.9 Å². The van der Waals surface area contributed by atoms with E-state index in [4.69, 9.17) is 5.10 Å². The molecule has 1 N–H and O–H groups in total. The Morgan fingerprint density at radius 1 is 0.880 bits per heavy atom. The fourth-order valence-corrected chi connectivity index (χ4v) is 3.37. The first kappa shape index (κ1) is 15.9. The van der Waals surface area contributed by atoms with Crippen LogP contribution in [0, 0.1) is 0 Å². The van der Waals surface area contributed by atoms with Crippen LogP contribution < -0.4 is 5.01 Å². The molecule has 0 aromatic heterocycles. The number of hydrogen-bond acceptors (Lipinski definition) is 3. The maximum atomic E-state index is 9.59. The second-order valence-electron chi connectivity index (χ2n) is 6.05. The third kappa shape index (κ3) is 3.30. The van der Waals surface area contributed by atoms with Crippen molar-refractivity contribution in [2.45, 2.75) is 12.5 Å². The third-order valence-corrected chi connectivity index (χ3v) is 4.92. The molecule has 1 atom stereocenters. The normalized spacial score (nSPS) is 16.8. The van der Waals surface area contributed by atoms with Gasteiger partial charge in [0.1, 0.15) is 5.75 Å². The highest BCUT2D eigenvalue weighted by atomic mass is 79.9. The van der Waals surface area contributed by atoms with Gasteiger partial charge in [-0.15, -0.1) is 0 Å². The molecule has 25 heavy (non-hydrogen) atoms. The summed E-state index contributed by atoms with van der Waals surface area (Å²) >= 11 is 3.48. The minimum atomic E-state index is 0.113. The lowest BCUT2D eigenvalue weighted by atomic mass is 9.98. The molecule has 0 saturated carbocycles. The van der Waals surface area contributed by atoms with Crippen LogP contribution in [0.3, 0.4) is 0 Å². The Kier molecular flexibility index (Phi) is 4.28. The molecule has 0 amide bonds. The average Bonchev–Trinajstić information content (AvgIpc) is 3.09. The molecule has 3 aromatic rings. The first-order valence-electron chi connectivity index (χ1n) is 8.17. The van der Waals surface area contributed by atoms with Gasteiger partial charge >= 0.3 is 0 Å². The predicted octanol–water partition coefficient (Wildman–Crippen LogP) is 5.51. The summed E-state index contributed by atoms with van der Waals surface area (Å²) in [5.74, 6) is 0.280. The zero-order valence-electron chi connectivity index (χ0n) is 13.5. The minimum absolute atomic E-state index is 0.113. The Hall–Kier alpha value is -2.59. The van der Waals surface area contributed by atoms with Crippen molar-refractivity contribution in [2.24, 2.45) is 5.10 Å². The van der Waals surface area contributed by atoms with E-state index in [1.165, 1.54) is 0 Å². The summed E-state index contributed by atoms with van der Waals surface area (Å²) in [5.41, 5.74) is 4.39. The molecule has 1 aliphatic rings. The Morgan fingerprint density at radius 2 is 1.56 bits per heavy atom. The highest BCUT2D eigenvalue weighted by Crippen LogP contribution is 2.37. The van der Waals surface area contributed by atoms with Gasteiger partial charge in [0.25, 0.3) is 0 Å². The molecular formula is C21H17BrN2O.